The Morgan fingerprint density at radius 3 is 2.50 bits per heavy atom. The number of phenols is 2. The van der Waals surface area contributed by atoms with Crippen LogP contribution in [-0.2, 0) is 0 Å². The minimum atomic E-state index is -0.722. The summed E-state index contributed by atoms with van der Waals surface area (Å²) in [6.45, 7) is 0. The van der Waals surface area contributed by atoms with Gasteiger partial charge in [-0.3, -0.25) is 10.1 Å². The van der Waals surface area contributed by atoms with Crippen LogP contribution in [0.1, 0.15) is 37.3 Å². The van der Waals surface area contributed by atoms with E-state index in [2.05, 4.69) is 0 Å². The van der Waals surface area contributed by atoms with E-state index in [-0.39, 0.29) is 12.0 Å². The first-order valence-corrected chi connectivity index (χ1v) is 5.96. The van der Waals surface area contributed by atoms with Gasteiger partial charge in [-0.1, -0.05) is 12.8 Å². The highest BCUT2D eigenvalue weighted by atomic mass is 16.6. The van der Waals surface area contributed by atoms with Crippen LogP contribution < -0.4 is 5.73 Å². The average Bonchev–Trinajstić information content (AvgIpc) is 2.84. The molecule has 0 saturated heterocycles. The Balaban J connectivity index is 2.35. The van der Waals surface area contributed by atoms with Crippen molar-refractivity contribution >= 4 is 5.69 Å². The van der Waals surface area contributed by atoms with Crippen molar-refractivity contribution in [1.82, 2.24) is 0 Å². The van der Waals surface area contributed by atoms with E-state index >= 15 is 0 Å². The largest absolute Gasteiger partial charge is 0.504 e. The molecule has 0 heterocycles. The highest BCUT2D eigenvalue weighted by Gasteiger charge is 2.27. The fraction of sp³-hybridized carbons (Fsp3) is 0.500. The van der Waals surface area contributed by atoms with Crippen molar-refractivity contribution in [2.75, 3.05) is 0 Å². The Bertz CT molecular complexity index is 469. The minimum absolute atomic E-state index is 0.286. The molecular formula is C12H16N2O4. The first kappa shape index (κ1) is 12.6. The van der Waals surface area contributed by atoms with Crippen LogP contribution >= 0.6 is 0 Å². The molecule has 1 aliphatic carbocycles. The van der Waals surface area contributed by atoms with Gasteiger partial charge < -0.3 is 15.9 Å². The Morgan fingerprint density at radius 1 is 1.33 bits per heavy atom. The summed E-state index contributed by atoms with van der Waals surface area (Å²) in [5, 5.41) is 29.7. The fourth-order valence-corrected chi connectivity index (χ4v) is 2.55. The maximum absolute atomic E-state index is 10.8. The summed E-state index contributed by atoms with van der Waals surface area (Å²) in [6.07, 6.45) is 4.22. The minimum Gasteiger partial charge on any atom is -0.504 e. The number of phenolic OH excluding ortho intramolecular Hbond substituents is 2. The predicted octanol–water partition coefficient (Wildman–Crippen LogP) is 2.20. The number of benzene rings is 1. The predicted molar refractivity (Wildman–Crippen MR) is 65.3 cm³/mol. The topological polar surface area (TPSA) is 110 Å². The normalized spacial score (nSPS) is 17.8. The second kappa shape index (κ2) is 4.81. The summed E-state index contributed by atoms with van der Waals surface area (Å²) < 4.78 is 0. The summed E-state index contributed by atoms with van der Waals surface area (Å²) in [6, 6.07) is 2.22. The molecule has 1 aromatic rings. The van der Waals surface area contributed by atoms with Crippen LogP contribution in [0.25, 0.3) is 0 Å². The number of aromatic hydroxyl groups is 2. The standard InChI is InChI=1S/C12H16N2O4/c13-11(7-3-1-2-4-7)8-5-9(14(17)18)12(16)10(15)6-8/h5-7,11,15-16H,1-4,13H2/t11-/m1/s1. The van der Waals surface area contributed by atoms with Crippen LogP contribution in [0.15, 0.2) is 12.1 Å². The van der Waals surface area contributed by atoms with Gasteiger partial charge in [0.05, 0.1) is 4.92 Å². The maximum Gasteiger partial charge on any atom is 0.314 e. The van der Waals surface area contributed by atoms with Crippen molar-refractivity contribution < 1.29 is 15.1 Å². The van der Waals surface area contributed by atoms with E-state index in [0.29, 0.717) is 5.56 Å². The second-order valence-corrected chi connectivity index (χ2v) is 4.74. The van der Waals surface area contributed by atoms with E-state index in [1.165, 1.54) is 12.1 Å². The lowest BCUT2D eigenvalue weighted by Gasteiger charge is -2.19. The van der Waals surface area contributed by atoms with Crippen molar-refractivity contribution in [3.8, 4) is 11.5 Å². The molecule has 6 nitrogen and oxygen atoms in total. The number of hydrogen-bond donors (Lipinski definition) is 3. The molecule has 2 rings (SSSR count). The summed E-state index contributed by atoms with van der Waals surface area (Å²) in [4.78, 5) is 10.0. The number of nitro benzene ring substituents is 1. The van der Waals surface area contributed by atoms with Gasteiger partial charge in [0, 0.05) is 12.1 Å². The van der Waals surface area contributed by atoms with E-state index in [1.54, 1.807) is 0 Å². The van der Waals surface area contributed by atoms with Gasteiger partial charge >= 0.3 is 5.69 Å². The first-order valence-electron chi connectivity index (χ1n) is 5.96. The van der Waals surface area contributed by atoms with Crippen LogP contribution in [0.2, 0.25) is 0 Å². The van der Waals surface area contributed by atoms with Crippen LogP contribution in [0.5, 0.6) is 11.5 Å². The molecule has 0 spiro atoms. The van der Waals surface area contributed by atoms with Crippen LogP contribution in [0, 0.1) is 16.0 Å². The average molecular weight is 252 g/mol. The van der Waals surface area contributed by atoms with E-state index in [9.17, 15) is 20.3 Å². The van der Waals surface area contributed by atoms with Gasteiger partial charge in [-0.05, 0) is 30.4 Å². The summed E-state index contributed by atoms with van der Waals surface area (Å²) in [7, 11) is 0. The van der Waals surface area contributed by atoms with Crippen LogP contribution in [0.4, 0.5) is 5.69 Å². The number of nitrogens with two attached hydrogens (primary N) is 1. The molecule has 1 atom stereocenters. The Morgan fingerprint density at radius 2 is 1.94 bits per heavy atom. The quantitative estimate of drug-likeness (QED) is 0.434. The third kappa shape index (κ3) is 2.24. The number of nitrogens with zero attached hydrogens (tertiary/aromatic N) is 1. The van der Waals surface area contributed by atoms with E-state index in [1.807, 2.05) is 0 Å². The number of rotatable bonds is 3. The highest BCUT2D eigenvalue weighted by Crippen LogP contribution is 2.41. The molecule has 98 valence electrons. The summed E-state index contributed by atoms with van der Waals surface area (Å²) in [5.74, 6) is -0.913. The Kier molecular flexibility index (Phi) is 3.38. The Hall–Kier alpha value is -1.82. The number of hydrogen-bond acceptors (Lipinski definition) is 5. The van der Waals surface area contributed by atoms with Gasteiger partial charge in [-0.2, -0.15) is 0 Å². The molecule has 1 aromatic carbocycles. The lowest BCUT2D eigenvalue weighted by Crippen LogP contribution is -2.19. The zero-order chi connectivity index (χ0) is 13.3. The van der Waals surface area contributed by atoms with E-state index < -0.39 is 22.1 Å². The molecule has 1 fully saturated rings. The van der Waals surface area contributed by atoms with Crippen LogP contribution in [-0.4, -0.2) is 15.1 Å². The maximum atomic E-state index is 10.8. The molecule has 0 unspecified atom stereocenters. The zero-order valence-electron chi connectivity index (χ0n) is 9.87. The van der Waals surface area contributed by atoms with Gasteiger partial charge in [0.1, 0.15) is 0 Å². The highest BCUT2D eigenvalue weighted by molar-refractivity contribution is 5.57. The van der Waals surface area contributed by atoms with E-state index in [4.69, 9.17) is 5.73 Å². The Labute approximate surface area is 104 Å². The lowest BCUT2D eigenvalue weighted by molar-refractivity contribution is -0.386. The lowest BCUT2D eigenvalue weighted by atomic mass is 9.92. The molecule has 0 bridgehead atoms. The van der Waals surface area contributed by atoms with Crippen molar-refractivity contribution in [3.63, 3.8) is 0 Å². The molecule has 4 N–H and O–H groups in total. The van der Waals surface area contributed by atoms with Gasteiger partial charge in [-0.15, -0.1) is 0 Å². The second-order valence-electron chi connectivity index (χ2n) is 4.74. The molecule has 1 aliphatic rings. The van der Waals surface area contributed by atoms with Gasteiger partial charge in [0.25, 0.3) is 0 Å². The SMILES string of the molecule is N[C@@H](c1cc(O)c(O)c([N+](=O)[O-])c1)C1CCCC1. The van der Waals surface area contributed by atoms with Crippen LogP contribution in [0.3, 0.4) is 0 Å². The van der Waals surface area contributed by atoms with Gasteiger partial charge in [-0.25, -0.2) is 0 Å². The third-order valence-corrected chi connectivity index (χ3v) is 3.58. The first-order chi connectivity index (χ1) is 8.50. The molecule has 0 aromatic heterocycles. The molecule has 6 heteroatoms. The zero-order valence-corrected chi connectivity index (χ0v) is 9.87. The fourth-order valence-electron chi connectivity index (χ4n) is 2.55. The molecule has 1 saturated carbocycles. The molecule has 0 aliphatic heterocycles. The number of nitro groups is 1. The molecule has 0 radical (unpaired) electrons. The van der Waals surface area contributed by atoms with E-state index in [0.717, 1.165) is 25.7 Å². The van der Waals surface area contributed by atoms with Crippen molar-refractivity contribution in [1.29, 1.82) is 0 Å². The molecule has 0 amide bonds. The summed E-state index contributed by atoms with van der Waals surface area (Å²) in [5.41, 5.74) is 6.08. The third-order valence-electron chi connectivity index (χ3n) is 3.58. The van der Waals surface area contributed by atoms with Crippen molar-refractivity contribution in [3.05, 3.63) is 27.8 Å². The van der Waals surface area contributed by atoms with Crippen molar-refractivity contribution in [2.45, 2.75) is 31.7 Å². The molecule has 18 heavy (non-hydrogen) atoms. The smallest absolute Gasteiger partial charge is 0.314 e. The van der Waals surface area contributed by atoms with Crippen molar-refractivity contribution in [2.24, 2.45) is 11.7 Å². The van der Waals surface area contributed by atoms with Gasteiger partial charge in [0.2, 0.25) is 5.75 Å². The van der Waals surface area contributed by atoms with Gasteiger partial charge in [0.15, 0.2) is 5.75 Å². The monoisotopic (exact) mass is 252 g/mol. The molecular weight excluding hydrogens is 236 g/mol. The summed E-state index contributed by atoms with van der Waals surface area (Å²) >= 11 is 0.